The van der Waals surface area contributed by atoms with Crippen molar-refractivity contribution in [2.75, 3.05) is 6.61 Å². The maximum Gasteiger partial charge on any atom is 0.144 e. The molecular weight excluding hydrogens is 300 g/mol. The number of nitrogens with zero attached hydrogens (tertiary/aromatic N) is 1. The molecule has 0 saturated heterocycles. The molecule has 1 aliphatic rings. The van der Waals surface area contributed by atoms with Crippen LogP contribution in [0.4, 0.5) is 0 Å². The second-order valence-electron chi connectivity index (χ2n) is 4.46. The van der Waals surface area contributed by atoms with Crippen molar-refractivity contribution < 1.29 is 4.74 Å². The zero-order valence-electron chi connectivity index (χ0n) is 10.2. The average molecular weight is 317 g/mol. The summed E-state index contributed by atoms with van der Waals surface area (Å²) in [6.45, 7) is 4.73. The quantitative estimate of drug-likeness (QED) is 0.856. The Morgan fingerprint density at radius 1 is 1.47 bits per heavy atom. The van der Waals surface area contributed by atoms with E-state index in [1.165, 1.54) is 12.8 Å². The fourth-order valence-corrected chi connectivity index (χ4v) is 2.89. The first-order chi connectivity index (χ1) is 8.09. The van der Waals surface area contributed by atoms with Crippen LogP contribution >= 0.6 is 28.1 Å². The molecule has 1 heterocycles. The van der Waals surface area contributed by atoms with Gasteiger partial charge in [0.15, 0.2) is 0 Å². The van der Waals surface area contributed by atoms with E-state index in [-0.39, 0.29) is 5.60 Å². The van der Waals surface area contributed by atoms with E-state index in [1.807, 2.05) is 13.8 Å². The standard InChI is InChI=1S/C12H17BrN2OS/c1-3-16-12(6-4-5-7-12)11-14-8(2)9(13)10(17)15-11/h3-7H2,1-2H3,(H,14,15,17). The molecule has 0 aromatic carbocycles. The summed E-state index contributed by atoms with van der Waals surface area (Å²) in [5.74, 6) is 0.891. The van der Waals surface area contributed by atoms with Gasteiger partial charge in [-0.05, 0) is 55.5 Å². The second-order valence-corrected chi connectivity index (χ2v) is 5.64. The summed E-state index contributed by atoms with van der Waals surface area (Å²) >= 11 is 8.70. The highest BCUT2D eigenvalue weighted by Gasteiger charge is 2.38. The van der Waals surface area contributed by atoms with Crippen LogP contribution in [0.5, 0.6) is 0 Å². The molecule has 94 valence electrons. The van der Waals surface area contributed by atoms with Crippen molar-refractivity contribution in [2.45, 2.75) is 45.1 Å². The summed E-state index contributed by atoms with van der Waals surface area (Å²) in [6, 6.07) is 0. The van der Waals surface area contributed by atoms with Crippen LogP contribution in [0, 0.1) is 11.6 Å². The van der Waals surface area contributed by atoms with Gasteiger partial charge in [0.2, 0.25) is 0 Å². The number of halogens is 1. The van der Waals surface area contributed by atoms with Crippen molar-refractivity contribution >= 4 is 28.1 Å². The maximum atomic E-state index is 5.97. The molecule has 0 radical (unpaired) electrons. The van der Waals surface area contributed by atoms with Crippen LogP contribution < -0.4 is 0 Å². The number of aryl methyl sites for hydroxylation is 1. The lowest BCUT2D eigenvalue weighted by molar-refractivity contribution is -0.0459. The predicted molar refractivity (Wildman–Crippen MR) is 73.6 cm³/mol. The monoisotopic (exact) mass is 316 g/mol. The number of ether oxygens (including phenoxy) is 1. The molecule has 1 fully saturated rings. The van der Waals surface area contributed by atoms with Crippen molar-refractivity contribution in [1.29, 1.82) is 0 Å². The van der Waals surface area contributed by atoms with Gasteiger partial charge in [-0.2, -0.15) is 0 Å². The van der Waals surface area contributed by atoms with Crippen LogP contribution in [0.3, 0.4) is 0 Å². The number of aromatic amines is 1. The molecule has 17 heavy (non-hydrogen) atoms. The summed E-state index contributed by atoms with van der Waals surface area (Å²) in [4.78, 5) is 7.83. The minimum atomic E-state index is -0.242. The Hall–Kier alpha value is -0.260. The SMILES string of the molecule is CCOC1(c2nc(=S)c(Br)c(C)[nH]2)CCCC1. The maximum absolute atomic E-state index is 5.97. The number of hydrogen-bond acceptors (Lipinski definition) is 3. The highest BCUT2D eigenvalue weighted by atomic mass is 79.9. The average Bonchev–Trinajstić information content (AvgIpc) is 2.75. The van der Waals surface area contributed by atoms with Gasteiger partial charge in [0.25, 0.3) is 0 Å². The largest absolute Gasteiger partial charge is 0.367 e. The Morgan fingerprint density at radius 2 is 2.12 bits per heavy atom. The Labute approximate surface area is 115 Å². The van der Waals surface area contributed by atoms with Gasteiger partial charge in [-0.3, -0.25) is 0 Å². The number of aromatic nitrogens is 2. The molecule has 2 rings (SSSR count). The third-order valence-electron chi connectivity index (χ3n) is 3.30. The summed E-state index contributed by atoms with van der Waals surface area (Å²) in [5, 5.41) is 0. The van der Waals surface area contributed by atoms with Gasteiger partial charge in [0.05, 0.1) is 4.47 Å². The van der Waals surface area contributed by atoms with E-state index < -0.39 is 0 Å². The first-order valence-electron chi connectivity index (χ1n) is 6.00. The molecule has 5 heteroatoms. The van der Waals surface area contributed by atoms with E-state index in [9.17, 15) is 0 Å². The fraction of sp³-hybridized carbons (Fsp3) is 0.667. The lowest BCUT2D eigenvalue weighted by Gasteiger charge is -2.28. The molecule has 0 amide bonds. The minimum absolute atomic E-state index is 0.242. The summed E-state index contributed by atoms with van der Waals surface area (Å²) in [7, 11) is 0. The van der Waals surface area contributed by atoms with Crippen LogP contribution in [0.2, 0.25) is 0 Å². The van der Waals surface area contributed by atoms with Gasteiger partial charge < -0.3 is 9.72 Å². The second kappa shape index (κ2) is 5.16. The number of nitrogens with one attached hydrogen (secondary N) is 1. The third-order valence-corrected chi connectivity index (χ3v) is 4.83. The molecule has 0 atom stereocenters. The Bertz CT molecular complexity index is 466. The Balaban J connectivity index is 2.47. The van der Waals surface area contributed by atoms with E-state index in [0.717, 1.165) is 28.8 Å². The summed E-state index contributed by atoms with van der Waals surface area (Å²) in [5.41, 5.74) is 0.777. The molecule has 1 aromatic rings. The highest BCUT2D eigenvalue weighted by Crippen LogP contribution is 2.40. The van der Waals surface area contributed by atoms with Gasteiger partial charge in [0.1, 0.15) is 16.1 Å². The molecule has 0 bridgehead atoms. The normalized spacial score (nSPS) is 18.5. The highest BCUT2D eigenvalue weighted by molar-refractivity contribution is 9.10. The van der Waals surface area contributed by atoms with E-state index in [0.29, 0.717) is 11.2 Å². The van der Waals surface area contributed by atoms with Crippen LogP contribution in [0.15, 0.2) is 4.47 Å². The van der Waals surface area contributed by atoms with Crippen molar-refractivity contribution in [3.63, 3.8) is 0 Å². The topological polar surface area (TPSA) is 37.9 Å². The lowest BCUT2D eigenvalue weighted by atomic mass is 10.0. The van der Waals surface area contributed by atoms with Crippen molar-refractivity contribution in [3.05, 3.63) is 20.6 Å². The zero-order chi connectivity index (χ0) is 12.5. The fourth-order valence-electron chi connectivity index (χ4n) is 2.46. The van der Waals surface area contributed by atoms with Crippen LogP contribution in [-0.2, 0) is 10.3 Å². The van der Waals surface area contributed by atoms with Gasteiger partial charge in [-0.15, -0.1) is 0 Å². The molecule has 1 saturated carbocycles. The Morgan fingerprint density at radius 3 is 2.65 bits per heavy atom. The number of H-pyrrole nitrogens is 1. The molecule has 3 nitrogen and oxygen atoms in total. The molecule has 1 aromatic heterocycles. The number of hydrogen-bond donors (Lipinski definition) is 1. The van der Waals surface area contributed by atoms with Gasteiger partial charge in [-0.1, -0.05) is 12.2 Å². The van der Waals surface area contributed by atoms with Crippen LogP contribution in [0.25, 0.3) is 0 Å². The molecule has 1 N–H and O–H groups in total. The van der Waals surface area contributed by atoms with Gasteiger partial charge in [-0.25, -0.2) is 4.98 Å². The van der Waals surface area contributed by atoms with Crippen molar-refractivity contribution in [2.24, 2.45) is 0 Å². The van der Waals surface area contributed by atoms with Gasteiger partial charge >= 0.3 is 0 Å². The van der Waals surface area contributed by atoms with E-state index >= 15 is 0 Å². The van der Waals surface area contributed by atoms with Crippen molar-refractivity contribution in [3.8, 4) is 0 Å². The minimum Gasteiger partial charge on any atom is -0.367 e. The predicted octanol–water partition coefficient (Wildman–Crippen LogP) is 4.02. The van der Waals surface area contributed by atoms with Crippen LogP contribution in [-0.4, -0.2) is 16.6 Å². The first-order valence-corrected chi connectivity index (χ1v) is 7.20. The molecular formula is C12H17BrN2OS. The molecule has 0 unspecified atom stereocenters. The molecule has 1 aliphatic carbocycles. The molecule has 0 spiro atoms. The zero-order valence-corrected chi connectivity index (χ0v) is 12.6. The third kappa shape index (κ3) is 2.46. The smallest absolute Gasteiger partial charge is 0.144 e. The summed E-state index contributed by atoms with van der Waals surface area (Å²) in [6.07, 6.45) is 4.44. The van der Waals surface area contributed by atoms with Gasteiger partial charge in [0, 0.05) is 12.3 Å². The summed E-state index contributed by atoms with van der Waals surface area (Å²) < 4.78 is 7.46. The Kier molecular flexibility index (Phi) is 4.00. The van der Waals surface area contributed by atoms with E-state index in [2.05, 4.69) is 25.9 Å². The number of rotatable bonds is 3. The lowest BCUT2D eigenvalue weighted by Crippen LogP contribution is -2.29. The molecule has 0 aliphatic heterocycles. The first kappa shape index (κ1) is 13.2. The van der Waals surface area contributed by atoms with Crippen molar-refractivity contribution in [1.82, 2.24) is 9.97 Å². The van der Waals surface area contributed by atoms with Crippen LogP contribution in [0.1, 0.15) is 44.1 Å². The van der Waals surface area contributed by atoms with E-state index in [1.54, 1.807) is 0 Å². The van der Waals surface area contributed by atoms with E-state index in [4.69, 9.17) is 17.0 Å².